The highest BCUT2D eigenvalue weighted by atomic mass is 79.9. The molecule has 1 saturated heterocycles. The molecule has 0 saturated carbocycles. The molecule has 0 amide bonds. The molecule has 1 aromatic rings. The molecule has 4 heteroatoms. The Balaban J connectivity index is 2.42. The minimum absolute atomic E-state index is 0.0498. The van der Waals surface area contributed by atoms with Crippen molar-refractivity contribution in [1.29, 1.82) is 0 Å². The van der Waals surface area contributed by atoms with E-state index in [1.807, 2.05) is 6.92 Å². The average Bonchev–Trinajstić information content (AvgIpc) is 2.28. The molecular formula is C12H16BrNO2. The molecule has 1 heterocycles. The van der Waals surface area contributed by atoms with Crippen molar-refractivity contribution in [2.24, 2.45) is 0 Å². The summed E-state index contributed by atoms with van der Waals surface area (Å²) in [5.41, 5.74) is 2.14. The lowest BCUT2D eigenvalue weighted by Gasteiger charge is -2.26. The first-order valence-electron chi connectivity index (χ1n) is 5.53. The zero-order valence-corrected chi connectivity index (χ0v) is 10.8. The minimum Gasteiger partial charge on any atom is -0.504 e. The summed E-state index contributed by atoms with van der Waals surface area (Å²) in [6, 6.07) is 1.63. The summed E-state index contributed by atoms with van der Waals surface area (Å²) in [5, 5.41) is 22.6. The number of rotatable bonds is 1. The van der Waals surface area contributed by atoms with Gasteiger partial charge < -0.3 is 15.5 Å². The van der Waals surface area contributed by atoms with Gasteiger partial charge in [0.2, 0.25) is 0 Å². The molecule has 3 nitrogen and oxygen atoms in total. The van der Waals surface area contributed by atoms with E-state index in [0.717, 1.165) is 37.1 Å². The fourth-order valence-corrected chi connectivity index (χ4v) is 3.20. The Kier molecular flexibility index (Phi) is 3.40. The van der Waals surface area contributed by atoms with Crippen molar-refractivity contribution in [1.82, 2.24) is 5.32 Å². The summed E-state index contributed by atoms with van der Waals surface area (Å²) >= 11 is 3.38. The molecule has 1 aliphatic rings. The smallest absolute Gasteiger partial charge is 0.172 e. The summed E-state index contributed by atoms with van der Waals surface area (Å²) in [4.78, 5) is 0. The molecular weight excluding hydrogens is 270 g/mol. The second-order valence-electron chi connectivity index (χ2n) is 4.33. The van der Waals surface area contributed by atoms with E-state index in [-0.39, 0.29) is 11.5 Å². The second kappa shape index (κ2) is 4.63. The van der Waals surface area contributed by atoms with Crippen molar-refractivity contribution < 1.29 is 10.2 Å². The van der Waals surface area contributed by atoms with E-state index in [9.17, 15) is 10.2 Å². The van der Waals surface area contributed by atoms with Gasteiger partial charge in [0.25, 0.3) is 0 Å². The molecule has 0 spiro atoms. The normalized spacial score (nSPS) is 21.0. The van der Waals surface area contributed by atoms with E-state index in [2.05, 4.69) is 21.2 Å². The molecule has 2 rings (SSSR count). The molecule has 1 aliphatic heterocycles. The lowest BCUT2D eigenvalue weighted by atomic mass is 9.88. The number of phenolic OH excluding ortho intramolecular Hbond substituents is 2. The van der Waals surface area contributed by atoms with Gasteiger partial charge >= 0.3 is 0 Å². The number of hydrogen-bond donors (Lipinski definition) is 3. The van der Waals surface area contributed by atoms with Gasteiger partial charge in [0.05, 0.1) is 4.47 Å². The van der Waals surface area contributed by atoms with Crippen LogP contribution in [0.1, 0.15) is 29.9 Å². The lowest BCUT2D eigenvalue weighted by molar-refractivity contribution is 0.397. The number of piperidine rings is 1. The Morgan fingerprint density at radius 1 is 1.44 bits per heavy atom. The summed E-state index contributed by atoms with van der Waals surface area (Å²) in [6.07, 6.45) is 2.27. The van der Waals surface area contributed by atoms with E-state index in [1.165, 1.54) is 0 Å². The quantitative estimate of drug-likeness (QED) is 0.696. The Hall–Kier alpha value is -0.740. The third-order valence-electron chi connectivity index (χ3n) is 3.17. The van der Waals surface area contributed by atoms with E-state index in [4.69, 9.17) is 0 Å². The number of nitrogens with one attached hydrogen (secondary N) is 1. The van der Waals surface area contributed by atoms with Gasteiger partial charge in [-0.3, -0.25) is 0 Å². The van der Waals surface area contributed by atoms with Crippen LogP contribution in [0.3, 0.4) is 0 Å². The van der Waals surface area contributed by atoms with Crippen molar-refractivity contribution in [3.63, 3.8) is 0 Å². The minimum atomic E-state index is -0.0584. The van der Waals surface area contributed by atoms with Gasteiger partial charge in [-0.1, -0.05) is 0 Å². The summed E-state index contributed by atoms with van der Waals surface area (Å²) in [7, 11) is 0. The van der Waals surface area contributed by atoms with E-state index in [1.54, 1.807) is 6.07 Å². The highest BCUT2D eigenvalue weighted by molar-refractivity contribution is 9.10. The van der Waals surface area contributed by atoms with E-state index < -0.39 is 0 Å². The Morgan fingerprint density at radius 2 is 2.19 bits per heavy atom. The fraction of sp³-hybridized carbons (Fsp3) is 0.500. The number of aromatic hydroxyl groups is 2. The molecule has 0 bridgehead atoms. The van der Waals surface area contributed by atoms with Gasteiger partial charge in [-0.15, -0.1) is 0 Å². The molecule has 0 aromatic heterocycles. The molecule has 0 aliphatic carbocycles. The molecule has 88 valence electrons. The van der Waals surface area contributed by atoms with Crippen LogP contribution in [-0.4, -0.2) is 23.3 Å². The topological polar surface area (TPSA) is 52.5 Å². The third kappa shape index (κ3) is 2.04. The van der Waals surface area contributed by atoms with Crippen LogP contribution in [-0.2, 0) is 0 Å². The molecule has 0 radical (unpaired) electrons. The number of phenols is 2. The van der Waals surface area contributed by atoms with Gasteiger partial charge in [0.1, 0.15) is 0 Å². The first-order valence-corrected chi connectivity index (χ1v) is 6.32. The lowest BCUT2D eigenvalue weighted by Crippen LogP contribution is -2.28. The number of hydrogen-bond acceptors (Lipinski definition) is 3. The van der Waals surface area contributed by atoms with E-state index in [0.29, 0.717) is 10.4 Å². The van der Waals surface area contributed by atoms with Crippen LogP contribution in [0.4, 0.5) is 0 Å². The maximum Gasteiger partial charge on any atom is 0.172 e. The molecule has 3 N–H and O–H groups in total. The Labute approximate surface area is 104 Å². The van der Waals surface area contributed by atoms with Gasteiger partial charge in [-0.25, -0.2) is 0 Å². The highest BCUT2D eigenvalue weighted by Crippen LogP contribution is 2.42. The van der Waals surface area contributed by atoms with Crippen LogP contribution in [0, 0.1) is 6.92 Å². The first-order chi connectivity index (χ1) is 7.61. The van der Waals surface area contributed by atoms with Crippen LogP contribution >= 0.6 is 15.9 Å². The largest absolute Gasteiger partial charge is 0.504 e. The average molecular weight is 286 g/mol. The van der Waals surface area contributed by atoms with Gasteiger partial charge in [-0.05, 0) is 65.4 Å². The maximum atomic E-state index is 9.72. The molecule has 1 unspecified atom stereocenters. The van der Waals surface area contributed by atoms with Gasteiger partial charge in [0, 0.05) is 6.54 Å². The van der Waals surface area contributed by atoms with Crippen molar-refractivity contribution >= 4 is 15.9 Å². The third-order valence-corrected chi connectivity index (χ3v) is 3.97. The number of benzene rings is 1. The van der Waals surface area contributed by atoms with Crippen LogP contribution in [0.2, 0.25) is 0 Å². The Bertz CT molecular complexity index is 400. The first kappa shape index (κ1) is 11.7. The standard InChI is InChI=1S/C12H16BrNO2/c1-7-5-9(15)12(16)11(13)10(7)8-3-2-4-14-6-8/h5,8,14-16H,2-4,6H2,1H3. The maximum absolute atomic E-state index is 9.72. The second-order valence-corrected chi connectivity index (χ2v) is 5.13. The molecule has 1 atom stereocenters. The van der Waals surface area contributed by atoms with Crippen molar-refractivity contribution in [3.05, 3.63) is 21.7 Å². The zero-order valence-electron chi connectivity index (χ0n) is 9.26. The SMILES string of the molecule is Cc1cc(O)c(O)c(Br)c1C1CCCNC1. The Morgan fingerprint density at radius 3 is 2.81 bits per heavy atom. The molecule has 16 heavy (non-hydrogen) atoms. The fourth-order valence-electron chi connectivity index (χ4n) is 2.36. The number of halogens is 1. The summed E-state index contributed by atoms with van der Waals surface area (Å²) in [5.74, 6) is 0.303. The zero-order chi connectivity index (χ0) is 11.7. The summed E-state index contributed by atoms with van der Waals surface area (Å²) < 4.78 is 0.638. The summed E-state index contributed by atoms with van der Waals surface area (Å²) in [6.45, 7) is 3.97. The molecule has 1 aromatic carbocycles. The van der Waals surface area contributed by atoms with Crippen LogP contribution in [0.15, 0.2) is 10.5 Å². The van der Waals surface area contributed by atoms with Crippen molar-refractivity contribution in [3.8, 4) is 11.5 Å². The van der Waals surface area contributed by atoms with Crippen LogP contribution < -0.4 is 5.32 Å². The predicted molar refractivity (Wildman–Crippen MR) is 67.1 cm³/mol. The van der Waals surface area contributed by atoms with Gasteiger partial charge in [0.15, 0.2) is 11.5 Å². The molecule has 1 fully saturated rings. The predicted octanol–water partition coefficient (Wildman–Crippen LogP) is 2.64. The number of aryl methyl sites for hydroxylation is 1. The van der Waals surface area contributed by atoms with Crippen molar-refractivity contribution in [2.45, 2.75) is 25.7 Å². The van der Waals surface area contributed by atoms with E-state index >= 15 is 0 Å². The monoisotopic (exact) mass is 285 g/mol. The van der Waals surface area contributed by atoms with Crippen molar-refractivity contribution in [2.75, 3.05) is 13.1 Å². The van der Waals surface area contributed by atoms with Crippen LogP contribution in [0.5, 0.6) is 11.5 Å². The van der Waals surface area contributed by atoms with Gasteiger partial charge in [-0.2, -0.15) is 0 Å². The van der Waals surface area contributed by atoms with Crippen LogP contribution in [0.25, 0.3) is 0 Å². The highest BCUT2D eigenvalue weighted by Gasteiger charge is 2.22.